The zero-order valence-corrected chi connectivity index (χ0v) is 7.65. The molecule has 0 unspecified atom stereocenters. The largest absolute Gasteiger partial charge is 0.501 e. The highest BCUT2D eigenvalue weighted by atomic mass is 35.5. The van der Waals surface area contributed by atoms with E-state index in [0.29, 0.717) is 0 Å². The van der Waals surface area contributed by atoms with Crippen molar-refractivity contribution in [3.05, 3.63) is 27.9 Å². The van der Waals surface area contributed by atoms with E-state index in [2.05, 4.69) is 16.8 Å². The van der Waals surface area contributed by atoms with E-state index in [4.69, 9.17) is 16.7 Å². The van der Waals surface area contributed by atoms with E-state index in [0.717, 1.165) is 0 Å². The Balaban J connectivity index is 3.13. The maximum Gasteiger partial charge on any atom is 0.407 e. The molecule has 0 fully saturated rings. The molecule has 5 nitrogen and oxygen atoms in total. The summed E-state index contributed by atoms with van der Waals surface area (Å²) >= 11 is 5.30. The van der Waals surface area contributed by atoms with Crippen molar-refractivity contribution in [1.82, 2.24) is 4.98 Å². The number of rotatable bonds is 1. The Morgan fingerprint density at radius 1 is 1.64 bits per heavy atom. The van der Waals surface area contributed by atoms with Gasteiger partial charge in [0, 0.05) is 6.07 Å². The number of alkyl halides is 1. The van der Waals surface area contributed by atoms with Gasteiger partial charge in [-0.15, -0.1) is 11.6 Å². The van der Waals surface area contributed by atoms with Gasteiger partial charge >= 0.3 is 5.82 Å². The van der Waals surface area contributed by atoms with Crippen molar-refractivity contribution in [1.29, 1.82) is 0 Å². The molecule has 0 radical (unpaired) electrons. The molecule has 1 aromatic heterocycles. The zero-order valence-electron chi connectivity index (χ0n) is 6.90. The van der Waals surface area contributed by atoms with Gasteiger partial charge in [0.25, 0.3) is 0 Å². The van der Waals surface area contributed by atoms with Gasteiger partial charge in [-0.25, -0.2) is 0 Å². The number of nitro groups is 1. The van der Waals surface area contributed by atoms with Crippen LogP contribution >= 0.6 is 11.6 Å². The molecule has 72 valence electrons. The lowest BCUT2D eigenvalue weighted by atomic mass is 10.3. The van der Waals surface area contributed by atoms with Crippen LogP contribution in [0.2, 0.25) is 0 Å². The van der Waals surface area contributed by atoms with Gasteiger partial charge in [-0.05, 0) is 21.9 Å². The first-order valence-corrected chi connectivity index (χ1v) is 4.08. The minimum absolute atomic E-state index is 0.121. The van der Waals surface area contributed by atoms with E-state index in [1.54, 1.807) is 0 Å². The van der Waals surface area contributed by atoms with Crippen molar-refractivity contribution in [3.63, 3.8) is 0 Å². The fraction of sp³-hybridized carbons (Fsp3) is 0.125. The topological polar surface area (TPSA) is 76.3 Å². The lowest BCUT2D eigenvalue weighted by Crippen LogP contribution is -1.94. The predicted molar refractivity (Wildman–Crippen MR) is 50.2 cm³/mol. The van der Waals surface area contributed by atoms with Gasteiger partial charge < -0.3 is 15.2 Å². The van der Waals surface area contributed by atoms with Crippen molar-refractivity contribution < 1.29 is 10.0 Å². The summed E-state index contributed by atoms with van der Waals surface area (Å²) in [6.07, 6.45) is 0. The van der Waals surface area contributed by atoms with Crippen LogP contribution in [0.25, 0.3) is 0 Å². The van der Waals surface area contributed by atoms with Crippen molar-refractivity contribution in [2.24, 2.45) is 0 Å². The van der Waals surface area contributed by atoms with E-state index in [1.165, 1.54) is 12.1 Å². The van der Waals surface area contributed by atoms with Crippen LogP contribution < -0.4 is 0 Å². The third-order valence-corrected chi connectivity index (χ3v) is 1.44. The summed E-state index contributed by atoms with van der Waals surface area (Å²) in [4.78, 5) is 13.1. The SMILES string of the molecule is O=[N+]([O-])c1nc(C#CCCl)ccc1O. The van der Waals surface area contributed by atoms with E-state index in [1.807, 2.05) is 0 Å². The molecule has 0 aliphatic heterocycles. The molecule has 1 N–H and O–H groups in total. The van der Waals surface area contributed by atoms with Gasteiger partial charge in [0.2, 0.25) is 11.4 Å². The molecule has 1 aromatic rings. The molecular formula is C8H5ClN2O3. The van der Waals surface area contributed by atoms with Crippen LogP contribution in [-0.4, -0.2) is 20.9 Å². The highest BCUT2D eigenvalue weighted by Crippen LogP contribution is 2.21. The summed E-state index contributed by atoms with van der Waals surface area (Å²) in [5.41, 5.74) is 0.204. The standard InChI is InChI=1S/C8H5ClN2O3/c9-5-1-2-6-3-4-7(12)8(10-6)11(13)14/h3-4,12H,5H2. The minimum atomic E-state index is -0.777. The fourth-order valence-electron chi connectivity index (χ4n) is 0.769. The molecule has 0 saturated carbocycles. The van der Waals surface area contributed by atoms with Crippen LogP contribution in [0.1, 0.15) is 5.69 Å². The summed E-state index contributed by atoms with van der Waals surface area (Å²) < 4.78 is 0. The third-order valence-electron chi connectivity index (χ3n) is 1.31. The maximum absolute atomic E-state index is 10.4. The number of pyridine rings is 1. The van der Waals surface area contributed by atoms with E-state index < -0.39 is 16.5 Å². The average Bonchev–Trinajstić information content (AvgIpc) is 2.16. The van der Waals surface area contributed by atoms with Crippen LogP contribution in [-0.2, 0) is 0 Å². The highest BCUT2D eigenvalue weighted by Gasteiger charge is 2.15. The molecule has 1 rings (SSSR count). The number of hydrogen-bond donors (Lipinski definition) is 1. The second kappa shape index (κ2) is 4.44. The second-order valence-corrected chi connectivity index (χ2v) is 2.50. The average molecular weight is 213 g/mol. The zero-order chi connectivity index (χ0) is 10.6. The van der Waals surface area contributed by atoms with Crippen LogP contribution in [0.5, 0.6) is 5.75 Å². The van der Waals surface area contributed by atoms with Crippen LogP contribution in [0.4, 0.5) is 5.82 Å². The molecule has 0 aromatic carbocycles. The van der Waals surface area contributed by atoms with Gasteiger partial charge in [-0.1, -0.05) is 5.92 Å². The number of nitrogens with zero attached hydrogens (tertiary/aromatic N) is 2. The molecule has 0 atom stereocenters. The van der Waals surface area contributed by atoms with Crippen LogP contribution in [0.3, 0.4) is 0 Å². The lowest BCUT2D eigenvalue weighted by molar-refractivity contribution is -0.390. The Bertz CT molecular complexity index is 422. The van der Waals surface area contributed by atoms with Gasteiger partial charge in [0.1, 0.15) is 0 Å². The first kappa shape index (κ1) is 10.3. The number of aromatic hydroxyl groups is 1. The molecule has 0 aliphatic carbocycles. The Morgan fingerprint density at radius 2 is 2.36 bits per heavy atom. The third kappa shape index (κ3) is 2.34. The summed E-state index contributed by atoms with van der Waals surface area (Å²) in [6.45, 7) is 0. The lowest BCUT2D eigenvalue weighted by Gasteiger charge is -1.94. The highest BCUT2D eigenvalue weighted by molar-refractivity contribution is 6.19. The molecular weight excluding hydrogens is 208 g/mol. The molecule has 1 heterocycles. The van der Waals surface area contributed by atoms with Gasteiger partial charge in [0.05, 0.1) is 5.88 Å². The van der Waals surface area contributed by atoms with Crippen molar-refractivity contribution >= 4 is 17.4 Å². The van der Waals surface area contributed by atoms with Crippen LogP contribution in [0.15, 0.2) is 12.1 Å². The summed E-state index contributed by atoms with van der Waals surface area (Å²) in [5, 5.41) is 19.4. The first-order chi connectivity index (χ1) is 6.65. The Kier molecular flexibility index (Phi) is 3.26. The monoisotopic (exact) mass is 212 g/mol. The van der Waals surface area contributed by atoms with Gasteiger partial charge in [-0.3, -0.25) is 0 Å². The van der Waals surface area contributed by atoms with Gasteiger partial charge in [0.15, 0.2) is 0 Å². The molecule has 0 amide bonds. The Morgan fingerprint density at radius 3 is 2.93 bits per heavy atom. The fourth-order valence-corrected chi connectivity index (χ4v) is 0.836. The summed E-state index contributed by atoms with van der Waals surface area (Å²) in [7, 11) is 0. The number of aromatic nitrogens is 1. The van der Waals surface area contributed by atoms with Crippen LogP contribution in [0, 0.1) is 22.0 Å². The molecule has 6 heteroatoms. The quantitative estimate of drug-likeness (QED) is 0.329. The second-order valence-electron chi connectivity index (χ2n) is 2.23. The molecule has 0 aliphatic rings. The van der Waals surface area contributed by atoms with Crippen molar-refractivity contribution in [2.75, 3.05) is 5.88 Å². The smallest absolute Gasteiger partial charge is 0.407 e. The molecule has 14 heavy (non-hydrogen) atoms. The molecule has 0 spiro atoms. The number of halogens is 1. The van der Waals surface area contributed by atoms with Crippen molar-refractivity contribution in [2.45, 2.75) is 0 Å². The number of hydrogen-bond acceptors (Lipinski definition) is 4. The summed E-state index contributed by atoms with van der Waals surface area (Å²) in [5.74, 6) is 4.04. The van der Waals surface area contributed by atoms with E-state index >= 15 is 0 Å². The Hall–Kier alpha value is -1.80. The van der Waals surface area contributed by atoms with E-state index in [9.17, 15) is 10.1 Å². The minimum Gasteiger partial charge on any atom is -0.501 e. The normalized spacial score (nSPS) is 8.93. The van der Waals surface area contributed by atoms with E-state index in [-0.39, 0.29) is 11.6 Å². The maximum atomic E-state index is 10.4. The predicted octanol–water partition coefficient (Wildman–Crippen LogP) is 1.29. The Labute approximate surface area is 84.5 Å². The molecule has 0 bridgehead atoms. The molecule has 0 saturated heterocycles. The van der Waals surface area contributed by atoms with Gasteiger partial charge in [-0.2, -0.15) is 0 Å². The summed E-state index contributed by atoms with van der Waals surface area (Å²) in [6, 6.07) is 2.55. The first-order valence-electron chi connectivity index (χ1n) is 3.54. The van der Waals surface area contributed by atoms with Crippen molar-refractivity contribution in [3.8, 4) is 17.6 Å².